The number of aromatic hydroxyl groups is 1. The van der Waals surface area contributed by atoms with E-state index in [1.165, 1.54) is 11.3 Å². The van der Waals surface area contributed by atoms with Crippen LogP contribution in [-0.2, 0) is 0 Å². The Labute approximate surface area is 106 Å². The van der Waals surface area contributed by atoms with Crippen molar-refractivity contribution in [1.29, 1.82) is 0 Å². The van der Waals surface area contributed by atoms with Crippen molar-refractivity contribution in [3.05, 3.63) is 51.5 Å². The highest BCUT2D eigenvalue weighted by Crippen LogP contribution is 2.34. The van der Waals surface area contributed by atoms with Gasteiger partial charge in [0.05, 0.1) is 11.6 Å². The maximum atomic E-state index is 13.7. The number of phenols is 1. The third-order valence-corrected chi connectivity index (χ3v) is 3.51. The number of rotatable bonds is 3. The van der Waals surface area contributed by atoms with Gasteiger partial charge >= 0.3 is 5.97 Å². The molecule has 4 N–H and O–H groups in total. The third kappa shape index (κ3) is 2.07. The van der Waals surface area contributed by atoms with Crippen molar-refractivity contribution in [2.45, 2.75) is 6.04 Å². The number of hydrogen-bond donors (Lipinski definition) is 3. The summed E-state index contributed by atoms with van der Waals surface area (Å²) < 4.78 is 13.7. The molecule has 0 saturated heterocycles. The maximum Gasteiger partial charge on any atom is 0.339 e. The zero-order chi connectivity index (χ0) is 13.3. The molecule has 2 rings (SSSR count). The molecule has 2 aromatic rings. The van der Waals surface area contributed by atoms with Crippen LogP contribution in [0.1, 0.15) is 26.8 Å². The van der Waals surface area contributed by atoms with Crippen molar-refractivity contribution in [3.8, 4) is 5.75 Å². The fourth-order valence-electron chi connectivity index (χ4n) is 1.66. The molecule has 6 heteroatoms. The van der Waals surface area contributed by atoms with Gasteiger partial charge in [-0.15, -0.1) is 11.3 Å². The van der Waals surface area contributed by atoms with Crippen LogP contribution >= 0.6 is 11.3 Å². The van der Waals surface area contributed by atoms with Crippen molar-refractivity contribution >= 4 is 17.3 Å². The Morgan fingerprint density at radius 3 is 2.67 bits per heavy atom. The molecule has 0 spiro atoms. The summed E-state index contributed by atoms with van der Waals surface area (Å²) in [4.78, 5) is 11.5. The summed E-state index contributed by atoms with van der Waals surface area (Å²) >= 11 is 1.31. The summed E-state index contributed by atoms with van der Waals surface area (Å²) in [6.07, 6.45) is 0. The van der Waals surface area contributed by atoms with E-state index in [0.717, 1.165) is 12.1 Å². The molecule has 1 atom stereocenters. The Morgan fingerprint density at radius 1 is 1.39 bits per heavy atom. The van der Waals surface area contributed by atoms with E-state index in [4.69, 9.17) is 10.8 Å². The van der Waals surface area contributed by atoms with Crippen molar-refractivity contribution in [2.24, 2.45) is 5.73 Å². The zero-order valence-electron chi connectivity index (χ0n) is 9.13. The molecule has 0 aliphatic rings. The molecule has 0 unspecified atom stereocenters. The van der Waals surface area contributed by atoms with Gasteiger partial charge in [-0.05, 0) is 23.6 Å². The number of halogens is 1. The smallest absolute Gasteiger partial charge is 0.339 e. The van der Waals surface area contributed by atoms with Crippen LogP contribution in [0, 0.1) is 5.82 Å². The van der Waals surface area contributed by atoms with Gasteiger partial charge in [-0.25, -0.2) is 9.18 Å². The van der Waals surface area contributed by atoms with Gasteiger partial charge in [0.15, 0.2) is 0 Å². The van der Waals surface area contributed by atoms with E-state index in [9.17, 15) is 14.3 Å². The second kappa shape index (κ2) is 4.75. The molecule has 0 amide bonds. The van der Waals surface area contributed by atoms with E-state index in [0.29, 0.717) is 4.88 Å². The van der Waals surface area contributed by atoms with Crippen LogP contribution < -0.4 is 5.73 Å². The van der Waals surface area contributed by atoms with Crippen LogP contribution in [0.25, 0.3) is 0 Å². The molecule has 18 heavy (non-hydrogen) atoms. The Hall–Kier alpha value is -1.92. The number of benzene rings is 1. The molecule has 1 aromatic carbocycles. The third-order valence-electron chi connectivity index (χ3n) is 2.55. The molecule has 4 nitrogen and oxygen atoms in total. The van der Waals surface area contributed by atoms with Gasteiger partial charge < -0.3 is 15.9 Å². The topological polar surface area (TPSA) is 83.6 Å². The fraction of sp³-hybridized carbons (Fsp3) is 0.0833. The van der Waals surface area contributed by atoms with Gasteiger partial charge in [0, 0.05) is 4.88 Å². The number of carboxylic acids is 1. The van der Waals surface area contributed by atoms with Gasteiger partial charge in [-0.2, -0.15) is 0 Å². The van der Waals surface area contributed by atoms with E-state index < -0.39 is 23.6 Å². The second-order valence-corrected chi connectivity index (χ2v) is 4.63. The van der Waals surface area contributed by atoms with Gasteiger partial charge in [0.2, 0.25) is 0 Å². The summed E-state index contributed by atoms with van der Waals surface area (Å²) in [6, 6.07) is 4.56. The molecule has 94 valence electrons. The summed E-state index contributed by atoms with van der Waals surface area (Å²) in [7, 11) is 0. The Bertz CT molecular complexity index is 583. The normalized spacial score (nSPS) is 12.3. The Kier molecular flexibility index (Phi) is 3.31. The number of hydrogen-bond acceptors (Lipinski definition) is 4. The lowest BCUT2D eigenvalue weighted by Crippen LogP contribution is -2.14. The van der Waals surface area contributed by atoms with Gasteiger partial charge in [-0.3, -0.25) is 0 Å². The summed E-state index contributed by atoms with van der Waals surface area (Å²) in [6.45, 7) is 0. The van der Waals surface area contributed by atoms with Gasteiger partial charge in [0.1, 0.15) is 17.1 Å². The van der Waals surface area contributed by atoms with Gasteiger partial charge in [0.25, 0.3) is 0 Å². The Morgan fingerprint density at radius 2 is 2.11 bits per heavy atom. The molecule has 0 bridgehead atoms. The molecule has 1 aromatic heterocycles. The molecule has 1 heterocycles. The first-order valence-electron chi connectivity index (χ1n) is 5.06. The SMILES string of the molecule is N[C@@H](c1cccs1)c1c(F)ccc(C(=O)O)c1O. The first-order valence-corrected chi connectivity index (χ1v) is 5.94. The highest BCUT2D eigenvalue weighted by Gasteiger charge is 2.23. The highest BCUT2D eigenvalue weighted by molar-refractivity contribution is 7.10. The second-order valence-electron chi connectivity index (χ2n) is 3.66. The summed E-state index contributed by atoms with van der Waals surface area (Å²) in [5, 5.41) is 20.5. The van der Waals surface area contributed by atoms with Crippen molar-refractivity contribution < 1.29 is 19.4 Å². The zero-order valence-corrected chi connectivity index (χ0v) is 9.95. The average Bonchev–Trinajstić information content (AvgIpc) is 2.81. The number of carboxylic acid groups (broad SMARTS) is 1. The van der Waals surface area contributed by atoms with Crippen LogP contribution in [0.15, 0.2) is 29.6 Å². The minimum Gasteiger partial charge on any atom is -0.507 e. The van der Waals surface area contributed by atoms with E-state index >= 15 is 0 Å². The van der Waals surface area contributed by atoms with E-state index in [1.54, 1.807) is 17.5 Å². The molecule has 0 aliphatic heterocycles. The number of thiophene rings is 1. The first-order chi connectivity index (χ1) is 8.52. The summed E-state index contributed by atoms with van der Waals surface area (Å²) in [5.74, 6) is -2.67. The minimum absolute atomic E-state index is 0.197. The first kappa shape index (κ1) is 12.5. The average molecular weight is 267 g/mol. The van der Waals surface area contributed by atoms with E-state index in [1.807, 2.05) is 0 Å². The summed E-state index contributed by atoms with van der Waals surface area (Å²) in [5.41, 5.74) is 5.29. The van der Waals surface area contributed by atoms with Crippen LogP contribution in [-0.4, -0.2) is 16.2 Å². The molecule has 0 fully saturated rings. The molecular formula is C12H10FNO3S. The van der Waals surface area contributed by atoms with Crippen molar-refractivity contribution in [3.63, 3.8) is 0 Å². The molecule has 0 saturated carbocycles. The molecule has 0 aliphatic carbocycles. The highest BCUT2D eigenvalue weighted by atomic mass is 32.1. The number of nitrogens with two attached hydrogens (primary N) is 1. The Balaban J connectivity index is 2.56. The largest absolute Gasteiger partial charge is 0.507 e. The van der Waals surface area contributed by atoms with Gasteiger partial charge in [-0.1, -0.05) is 6.07 Å². The quantitative estimate of drug-likeness (QED) is 0.797. The predicted molar refractivity (Wildman–Crippen MR) is 65.4 cm³/mol. The predicted octanol–water partition coefficient (Wildman–Crippen LogP) is 2.34. The lowest BCUT2D eigenvalue weighted by molar-refractivity contribution is 0.0693. The van der Waals surface area contributed by atoms with Crippen molar-refractivity contribution in [2.75, 3.05) is 0 Å². The standard InChI is InChI=1S/C12H10FNO3S/c13-7-4-3-6(12(16)17)11(15)9(7)10(14)8-2-1-5-18-8/h1-5,10,15H,14H2,(H,16,17)/t10-/m0/s1. The van der Waals surface area contributed by atoms with Crippen molar-refractivity contribution in [1.82, 2.24) is 0 Å². The van der Waals surface area contributed by atoms with E-state index in [-0.39, 0.29) is 11.1 Å². The number of aromatic carboxylic acids is 1. The lowest BCUT2D eigenvalue weighted by Gasteiger charge is -2.14. The maximum absolute atomic E-state index is 13.7. The monoisotopic (exact) mass is 267 g/mol. The molecule has 0 radical (unpaired) electrons. The van der Waals surface area contributed by atoms with Crippen LogP contribution in [0.5, 0.6) is 5.75 Å². The lowest BCUT2D eigenvalue weighted by atomic mass is 10.0. The molecular weight excluding hydrogens is 257 g/mol. The fourth-order valence-corrected chi connectivity index (χ4v) is 2.40. The van der Waals surface area contributed by atoms with Crippen LogP contribution in [0.2, 0.25) is 0 Å². The minimum atomic E-state index is -1.33. The van der Waals surface area contributed by atoms with E-state index in [2.05, 4.69) is 0 Å². The van der Waals surface area contributed by atoms with Crippen LogP contribution in [0.4, 0.5) is 4.39 Å². The number of carbonyl (C=O) groups is 1. The van der Waals surface area contributed by atoms with Crippen LogP contribution in [0.3, 0.4) is 0 Å².